The minimum Gasteiger partial charge on any atom is -0.481 e. The average molecular weight is 384 g/mol. The summed E-state index contributed by atoms with van der Waals surface area (Å²) in [5.74, 6) is -0.801. The molecule has 1 amide bonds. The molecule has 0 spiro atoms. The van der Waals surface area contributed by atoms with Gasteiger partial charge in [-0.2, -0.15) is 0 Å². The molecule has 5 N–H and O–H groups in total. The Kier molecular flexibility index (Phi) is 6.38. The van der Waals surface area contributed by atoms with Crippen LogP contribution < -0.4 is 21.3 Å². The van der Waals surface area contributed by atoms with Gasteiger partial charge in [-0.25, -0.2) is 9.97 Å². The molecule has 148 valence electrons. The molecule has 0 saturated carbocycles. The molecule has 0 radical (unpaired) electrons. The summed E-state index contributed by atoms with van der Waals surface area (Å²) in [6.07, 6.45) is 4.04. The van der Waals surface area contributed by atoms with Gasteiger partial charge in [0.1, 0.15) is 0 Å². The number of amides is 1. The number of anilines is 2. The lowest BCUT2D eigenvalue weighted by Gasteiger charge is -2.34. The maximum absolute atomic E-state index is 12.3. The number of piperidine rings is 1. The summed E-state index contributed by atoms with van der Waals surface area (Å²) in [5.41, 5.74) is 7.04. The average Bonchev–Trinajstić information content (AvgIpc) is 2.69. The number of aliphatic carboxylic acids is 1. The monoisotopic (exact) mass is 384 g/mol. The van der Waals surface area contributed by atoms with Gasteiger partial charge >= 0.3 is 5.97 Å². The maximum atomic E-state index is 12.3. The predicted octanol–water partition coefficient (Wildman–Crippen LogP) is 1.05. The highest BCUT2D eigenvalue weighted by molar-refractivity contribution is 5.95. The van der Waals surface area contributed by atoms with Crippen molar-refractivity contribution in [1.29, 1.82) is 0 Å². The summed E-state index contributed by atoms with van der Waals surface area (Å²) in [4.78, 5) is 33.6. The Hall–Kier alpha value is -3.20. The predicted molar refractivity (Wildman–Crippen MR) is 105 cm³/mol. The molecule has 1 aromatic heterocycles. The number of nitrogens with one attached hydrogen (secondary N) is 2. The van der Waals surface area contributed by atoms with E-state index in [0.717, 1.165) is 31.6 Å². The van der Waals surface area contributed by atoms with Gasteiger partial charge in [-0.05, 0) is 37.1 Å². The molecule has 1 atom stereocenters. The van der Waals surface area contributed by atoms with E-state index < -0.39 is 12.1 Å². The first-order chi connectivity index (χ1) is 13.5. The summed E-state index contributed by atoms with van der Waals surface area (Å²) < 4.78 is 0. The SMILES string of the molecule is NC(CC(=O)O)NC(=O)c1cccc(N2CCC(Nc3ncccn3)CC2)c1. The molecule has 1 aliphatic heterocycles. The van der Waals surface area contributed by atoms with Gasteiger partial charge in [0, 0.05) is 42.8 Å². The van der Waals surface area contributed by atoms with E-state index in [4.69, 9.17) is 10.8 Å². The van der Waals surface area contributed by atoms with Crippen molar-refractivity contribution in [2.45, 2.75) is 31.5 Å². The molecule has 1 aromatic carbocycles. The largest absolute Gasteiger partial charge is 0.481 e. The van der Waals surface area contributed by atoms with E-state index in [-0.39, 0.29) is 12.3 Å². The van der Waals surface area contributed by atoms with Crippen LogP contribution in [0.3, 0.4) is 0 Å². The van der Waals surface area contributed by atoms with Crippen molar-refractivity contribution in [3.63, 3.8) is 0 Å². The van der Waals surface area contributed by atoms with Crippen LogP contribution in [0.15, 0.2) is 42.7 Å². The van der Waals surface area contributed by atoms with Crippen LogP contribution in [0, 0.1) is 0 Å². The molecule has 3 rings (SSSR count). The number of carbonyl (C=O) groups is 2. The van der Waals surface area contributed by atoms with E-state index in [1.165, 1.54) is 0 Å². The molecule has 1 aliphatic rings. The van der Waals surface area contributed by atoms with Crippen LogP contribution in [0.4, 0.5) is 11.6 Å². The van der Waals surface area contributed by atoms with Crippen molar-refractivity contribution in [1.82, 2.24) is 15.3 Å². The first-order valence-corrected chi connectivity index (χ1v) is 9.18. The van der Waals surface area contributed by atoms with Crippen LogP contribution >= 0.6 is 0 Å². The zero-order chi connectivity index (χ0) is 19.9. The lowest BCUT2D eigenvalue weighted by Crippen LogP contribution is -2.43. The molecule has 28 heavy (non-hydrogen) atoms. The van der Waals surface area contributed by atoms with Crippen LogP contribution in [0.25, 0.3) is 0 Å². The lowest BCUT2D eigenvalue weighted by atomic mass is 10.0. The minimum atomic E-state index is -1.06. The molecule has 1 fully saturated rings. The second-order valence-electron chi connectivity index (χ2n) is 6.71. The maximum Gasteiger partial charge on any atom is 0.306 e. The molecule has 9 heteroatoms. The fourth-order valence-corrected chi connectivity index (χ4v) is 3.17. The Bertz CT molecular complexity index is 808. The summed E-state index contributed by atoms with van der Waals surface area (Å²) in [6.45, 7) is 1.68. The summed E-state index contributed by atoms with van der Waals surface area (Å²) in [7, 11) is 0. The van der Waals surface area contributed by atoms with Gasteiger partial charge in [0.25, 0.3) is 5.91 Å². The van der Waals surface area contributed by atoms with Crippen LogP contribution in [0.5, 0.6) is 0 Å². The third-order valence-corrected chi connectivity index (χ3v) is 4.58. The highest BCUT2D eigenvalue weighted by atomic mass is 16.4. The molecule has 1 saturated heterocycles. The molecular weight excluding hydrogens is 360 g/mol. The third-order valence-electron chi connectivity index (χ3n) is 4.58. The number of rotatable bonds is 7. The van der Waals surface area contributed by atoms with Crippen molar-refractivity contribution >= 4 is 23.5 Å². The van der Waals surface area contributed by atoms with Crippen LogP contribution in [0.2, 0.25) is 0 Å². The highest BCUT2D eigenvalue weighted by Gasteiger charge is 2.21. The van der Waals surface area contributed by atoms with Gasteiger partial charge in [0.05, 0.1) is 12.6 Å². The zero-order valence-electron chi connectivity index (χ0n) is 15.4. The van der Waals surface area contributed by atoms with E-state index in [0.29, 0.717) is 17.6 Å². The van der Waals surface area contributed by atoms with Crippen LogP contribution in [-0.4, -0.2) is 52.2 Å². The second-order valence-corrected chi connectivity index (χ2v) is 6.71. The van der Waals surface area contributed by atoms with Crippen molar-refractivity contribution in [3.8, 4) is 0 Å². The fraction of sp³-hybridized carbons (Fsp3) is 0.368. The number of nitrogens with two attached hydrogens (primary N) is 1. The van der Waals surface area contributed by atoms with E-state index in [1.54, 1.807) is 30.6 Å². The molecule has 1 unspecified atom stereocenters. The molecule has 2 aromatic rings. The molecular formula is C19H24N6O3. The number of carboxylic acids is 1. The van der Waals surface area contributed by atoms with Crippen molar-refractivity contribution in [2.75, 3.05) is 23.3 Å². The smallest absolute Gasteiger partial charge is 0.306 e. The van der Waals surface area contributed by atoms with E-state index in [9.17, 15) is 9.59 Å². The van der Waals surface area contributed by atoms with Gasteiger partial charge in [-0.3, -0.25) is 9.59 Å². The Morgan fingerprint density at radius 2 is 1.93 bits per heavy atom. The fourth-order valence-electron chi connectivity index (χ4n) is 3.17. The highest BCUT2D eigenvalue weighted by Crippen LogP contribution is 2.22. The topological polar surface area (TPSA) is 133 Å². The number of benzene rings is 1. The summed E-state index contributed by atoms with van der Waals surface area (Å²) in [5, 5.41) is 14.6. The number of hydrogen-bond acceptors (Lipinski definition) is 7. The van der Waals surface area contributed by atoms with Gasteiger partial charge < -0.3 is 26.4 Å². The second kappa shape index (κ2) is 9.14. The van der Waals surface area contributed by atoms with Gasteiger partial charge in [0.2, 0.25) is 5.95 Å². The number of hydrogen-bond donors (Lipinski definition) is 4. The van der Waals surface area contributed by atoms with E-state index in [2.05, 4.69) is 25.5 Å². The summed E-state index contributed by atoms with van der Waals surface area (Å²) in [6, 6.07) is 9.35. The van der Waals surface area contributed by atoms with E-state index in [1.807, 2.05) is 12.1 Å². The molecule has 0 aliphatic carbocycles. The molecule has 2 heterocycles. The molecule has 0 bridgehead atoms. The minimum absolute atomic E-state index is 0.305. The zero-order valence-corrected chi connectivity index (χ0v) is 15.4. The number of aromatic nitrogens is 2. The number of nitrogens with zero attached hydrogens (tertiary/aromatic N) is 3. The Labute approximate surface area is 163 Å². The third kappa shape index (κ3) is 5.40. The summed E-state index contributed by atoms with van der Waals surface area (Å²) >= 11 is 0. The van der Waals surface area contributed by atoms with Crippen LogP contribution in [-0.2, 0) is 4.79 Å². The standard InChI is InChI=1S/C19H24N6O3/c20-16(12-17(26)27)24-18(28)13-3-1-4-15(11-13)25-9-5-14(6-10-25)23-19-21-7-2-8-22-19/h1-4,7-8,11,14,16H,5-6,9-10,12,20H2,(H,24,28)(H,26,27)(H,21,22,23). The van der Waals surface area contributed by atoms with Gasteiger partial charge in [-0.1, -0.05) is 6.07 Å². The van der Waals surface area contributed by atoms with Crippen molar-refractivity contribution in [3.05, 3.63) is 48.3 Å². The lowest BCUT2D eigenvalue weighted by molar-refractivity contribution is -0.137. The number of carboxylic acid groups (broad SMARTS) is 1. The molecule has 9 nitrogen and oxygen atoms in total. The Balaban J connectivity index is 1.56. The van der Waals surface area contributed by atoms with Crippen molar-refractivity contribution < 1.29 is 14.7 Å². The van der Waals surface area contributed by atoms with E-state index >= 15 is 0 Å². The normalized spacial score (nSPS) is 15.7. The van der Waals surface area contributed by atoms with Crippen LogP contribution in [0.1, 0.15) is 29.6 Å². The first-order valence-electron chi connectivity index (χ1n) is 9.18. The Morgan fingerprint density at radius 1 is 1.21 bits per heavy atom. The number of carbonyl (C=O) groups excluding carboxylic acids is 1. The quantitative estimate of drug-likeness (QED) is 0.521. The van der Waals surface area contributed by atoms with Crippen molar-refractivity contribution in [2.24, 2.45) is 5.73 Å². The van der Waals surface area contributed by atoms with Gasteiger partial charge in [0.15, 0.2) is 0 Å². The van der Waals surface area contributed by atoms with Gasteiger partial charge in [-0.15, -0.1) is 0 Å². The Morgan fingerprint density at radius 3 is 2.61 bits per heavy atom. The first kappa shape index (κ1) is 19.6.